The van der Waals surface area contributed by atoms with Gasteiger partial charge in [-0.05, 0) is 49.1 Å². The molecule has 5 rings (SSSR count). The fourth-order valence-electron chi connectivity index (χ4n) is 5.33. The molecule has 0 radical (unpaired) electrons. The van der Waals surface area contributed by atoms with Gasteiger partial charge < -0.3 is 19.1 Å². The minimum Gasteiger partial charge on any atom is -0.503 e. The lowest BCUT2D eigenvalue weighted by atomic mass is 9.79. The van der Waals surface area contributed by atoms with Gasteiger partial charge in [0, 0.05) is 22.9 Å². The molecule has 1 aliphatic heterocycles. The molecule has 0 saturated heterocycles. The number of aliphatic hydroxyl groups excluding tert-OH is 1. The first-order valence-corrected chi connectivity index (χ1v) is 12.1. The van der Waals surface area contributed by atoms with E-state index in [1.54, 1.807) is 29.2 Å². The Kier molecular flexibility index (Phi) is 6.50. The molecule has 0 bridgehead atoms. The van der Waals surface area contributed by atoms with E-state index < -0.39 is 17.7 Å². The van der Waals surface area contributed by atoms with Crippen LogP contribution in [0.1, 0.15) is 42.5 Å². The highest BCUT2D eigenvalue weighted by Crippen LogP contribution is 2.42. The normalized spacial score (nSPS) is 18.6. The number of hydrogen-bond acceptors (Lipinski definition) is 7. The Morgan fingerprint density at radius 3 is 2.36 bits per heavy atom. The van der Waals surface area contributed by atoms with Crippen LogP contribution in [0.5, 0.6) is 11.5 Å². The molecule has 8 heteroatoms. The zero-order valence-corrected chi connectivity index (χ0v) is 20.3. The molecule has 186 valence electrons. The Bertz CT molecular complexity index is 1290. The molecule has 2 aromatic carbocycles. The lowest BCUT2D eigenvalue weighted by Gasteiger charge is -2.35. The van der Waals surface area contributed by atoms with Crippen LogP contribution in [0.15, 0.2) is 70.6 Å². The fourth-order valence-corrected chi connectivity index (χ4v) is 5.33. The van der Waals surface area contributed by atoms with E-state index in [9.17, 15) is 14.7 Å². The molecule has 8 nitrogen and oxygen atoms in total. The molecular formula is C28H28N2O6. The topological polar surface area (TPSA) is 102 Å². The standard InChI is InChI=1S/C28H28N2O6/c1-34-22-13-10-19(16-23(22)35-2)26(31)24-25(18-6-4-3-5-7-18)30(28(33)27(24)32)20-11-8-17(9-12-20)21-14-15-36-29-21/h8-16,18,25,32H,3-7H2,1-2H3. The quantitative estimate of drug-likeness (QED) is 0.447. The first kappa shape index (κ1) is 23.7. The monoisotopic (exact) mass is 488 g/mol. The van der Waals surface area contributed by atoms with Gasteiger partial charge in [-0.25, -0.2) is 0 Å². The summed E-state index contributed by atoms with van der Waals surface area (Å²) < 4.78 is 15.6. The van der Waals surface area contributed by atoms with Crippen LogP contribution >= 0.6 is 0 Å². The van der Waals surface area contributed by atoms with Gasteiger partial charge in [-0.3, -0.25) is 14.5 Å². The Hall–Kier alpha value is -4.07. The van der Waals surface area contributed by atoms with Crippen molar-refractivity contribution in [2.75, 3.05) is 19.1 Å². The van der Waals surface area contributed by atoms with Crippen molar-refractivity contribution in [3.05, 3.63) is 71.7 Å². The molecule has 1 saturated carbocycles. The number of benzene rings is 2. The molecule has 3 aromatic rings. The Balaban J connectivity index is 1.54. The minimum absolute atomic E-state index is 0.0571. The van der Waals surface area contributed by atoms with Gasteiger partial charge >= 0.3 is 0 Å². The van der Waals surface area contributed by atoms with Gasteiger partial charge in [-0.15, -0.1) is 0 Å². The number of rotatable bonds is 7. The smallest absolute Gasteiger partial charge is 0.294 e. The number of hydrogen-bond donors (Lipinski definition) is 1. The maximum atomic E-state index is 13.8. The maximum absolute atomic E-state index is 13.8. The van der Waals surface area contributed by atoms with Crippen LogP contribution < -0.4 is 14.4 Å². The number of amides is 1. The highest BCUT2D eigenvalue weighted by molar-refractivity contribution is 6.21. The van der Waals surface area contributed by atoms with Crippen LogP contribution in [-0.2, 0) is 4.79 Å². The van der Waals surface area contributed by atoms with Crippen molar-refractivity contribution < 1.29 is 28.7 Å². The van der Waals surface area contributed by atoms with Crippen molar-refractivity contribution in [3.8, 4) is 22.8 Å². The van der Waals surface area contributed by atoms with Gasteiger partial charge in [0.25, 0.3) is 5.91 Å². The third-order valence-corrected chi connectivity index (χ3v) is 7.12. The van der Waals surface area contributed by atoms with E-state index in [1.165, 1.54) is 20.5 Å². The molecule has 0 spiro atoms. The first-order chi connectivity index (χ1) is 17.5. The molecule has 1 atom stereocenters. The second kappa shape index (κ2) is 9.89. The van der Waals surface area contributed by atoms with Crippen LogP contribution in [-0.4, -0.2) is 42.2 Å². The lowest BCUT2D eigenvalue weighted by molar-refractivity contribution is -0.117. The van der Waals surface area contributed by atoms with Gasteiger partial charge in [0.1, 0.15) is 12.0 Å². The predicted molar refractivity (Wildman–Crippen MR) is 133 cm³/mol. The third kappa shape index (κ3) is 4.12. The SMILES string of the molecule is COc1ccc(C(=O)C2=C(O)C(=O)N(c3ccc(-c4ccon4)cc3)C2C2CCCCC2)cc1OC. The molecule has 2 aliphatic rings. The largest absolute Gasteiger partial charge is 0.503 e. The van der Waals surface area contributed by atoms with Crippen molar-refractivity contribution >= 4 is 17.4 Å². The van der Waals surface area contributed by atoms with E-state index in [2.05, 4.69) is 5.16 Å². The van der Waals surface area contributed by atoms with E-state index in [0.717, 1.165) is 37.7 Å². The summed E-state index contributed by atoms with van der Waals surface area (Å²) in [5.41, 5.74) is 2.60. The number of ether oxygens (including phenoxy) is 2. The van der Waals surface area contributed by atoms with Gasteiger partial charge in [0.05, 0.1) is 25.8 Å². The molecule has 1 N–H and O–H groups in total. The van der Waals surface area contributed by atoms with E-state index >= 15 is 0 Å². The number of aromatic nitrogens is 1. The first-order valence-electron chi connectivity index (χ1n) is 12.1. The predicted octanol–water partition coefficient (Wildman–Crippen LogP) is 5.35. The van der Waals surface area contributed by atoms with Crippen molar-refractivity contribution in [1.29, 1.82) is 0 Å². The van der Waals surface area contributed by atoms with Gasteiger partial charge in [-0.2, -0.15) is 0 Å². The fraction of sp³-hybridized carbons (Fsp3) is 0.321. The summed E-state index contributed by atoms with van der Waals surface area (Å²) in [6.45, 7) is 0. The van der Waals surface area contributed by atoms with E-state index in [0.29, 0.717) is 28.4 Å². The molecule has 1 aromatic heterocycles. The average molecular weight is 489 g/mol. The van der Waals surface area contributed by atoms with Crippen molar-refractivity contribution in [3.63, 3.8) is 0 Å². The Morgan fingerprint density at radius 2 is 1.72 bits per heavy atom. The molecule has 1 fully saturated rings. The highest BCUT2D eigenvalue weighted by atomic mass is 16.5. The lowest BCUT2D eigenvalue weighted by Crippen LogP contribution is -2.42. The van der Waals surface area contributed by atoms with Gasteiger partial charge in [-0.1, -0.05) is 36.6 Å². The zero-order chi connectivity index (χ0) is 25.2. The Morgan fingerprint density at radius 1 is 1.00 bits per heavy atom. The summed E-state index contributed by atoms with van der Waals surface area (Å²) in [6.07, 6.45) is 6.42. The number of anilines is 1. The van der Waals surface area contributed by atoms with Crippen molar-refractivity contribution in [2.24, 2.45) is 5.92 Å². The number of Topliss-reactive ketones (excluding diaryl/α,β-unsaturated/α-hetero) is 1. The second-order valence-electron chi connectivity index (χ2n) is 9.11. The zero-order valence-electron chi connectivity index (χ0n) is 20.3. The second-order valence-corrected chi connectivity index (χ2v) is 9.11. The number of methoxy groups -OCH3 is 2. The van der Waals surface area contributed by atoms with Crippen LogP contribution in [0.25, 0.3) is 11.3 Å². The Labute approximate surface area is 209 Å². The van der Waals surface area contributed by atoms with Crippen LogP contribution in [0.2, 0.25) is 0 Å². The summed E-state index contributed by atoms with van der Waals surface area (Å²) in [5.74, 6) is -0.495. The summed E-state index contributed by atoms with van der Waals surface area (Å²) in [6, 6.07) is 13.4. The van der Waals surface area contributed by atoms with Gasteiger partial charge in [0.2, 0.25) is 0 Å². The molecule has 1 amide bonds. The van der Waals surface area contributed by atoms with Crippen molar-refractivity contribution in [1.82, 2.24) is 5.16 Å². The summed E-state index contributed by atoms with van der Waals surface area (Å²) in [4.78, 5) is 28.8. The third-order valence-electron chi connectivity index (χ3n) is 7.12. The number of ketones is 1. The molecular weight excluding hydrogens is 460 g/mol. The van der Waals surface area contributed by atoms with Gasteiger partial charge in [0.15, 0.2) is 23.0 Å². The number of nitrogens with zero attached hydrogens (tertiary/aromatic N) is 2. The molecule has 1 unspecified atom stereocenters. The molecule has 36 heavy (non-hydrogen) atoms. The van der Waals surface area contributed by atoms with Crippen LogP contribution in [0.4, 0.5) is 5.69 Å². The number of aliphatic hydroxyl groups is 1. The van der Waals surface area contributed by atoms with E-state index in [4.69, 9.17) is 14.0 Å². The van der Waals surface area contributed by atoms with Crippen molar-refractivity contribution in [2.45, 2.75) is 38.1 Å². The minimum atomic E-state index is -0.566. The molecule has 1 aliphatic carbocycles. The highest BCUT2D eigenvalue weighted by Gasteiger charge is 2.47. The van der Waals surface area contributed by atoms with E-state index in [-0.39, 0.29) is 17.3 Å². The van der Waals surface area contributed by atoms with E-state index in [1.807, 2.05) is 24.3 Å². The average Bonchev–Trinajstić information content (AvgIpc) is 3.55. The maximum Gasteiger partial charge on any atom is 0.294 e. The van der Waals surface area contributed by atoms with Crippen LogP contribution in [0, 0.1) is 5.92 Å². The summed E-state index contributed by atoms with van der Waals surface area (Å²) in [5, 5.41) is 15.0. The number of carbonyl (C=O) groups is 2. The summed E-state index contributed by atoms with van der Waals surface area (Å²) >= 11 is 0. The summed E-state index contributed by atoms with van der Waals surface area (Å²) in [7, 11) is 3.02. The number of carbonyl (C=O) groups excluding carboxylic acids is 2. The molecule has 2 heterocycles. The van der Waals surface area contributed by atoms with Crippen LogP contribution in [0.3, 0.4) is 0 Å².